The number of unbranched alkanes of at least 4 members (excludes halogenated alkanes) is 2. The molecule has 1 atom stereocenters. The molecule has 0 bridgehead atoms. The smallest absolute Gasteiger partial charge is 0.0192 e. The summed E-state index contributed by atoms with van der Waals surface area (Å²) < 4.78 is 0. The predicted octanol–water partition coefficient (Wildman–Crippen LogP) is 2.59. The van der Waals surface area contributed by atoms with Gasteiger partial charge >= 0.3 is 0 Å². The fraction of sp³-hybridized carbons (Fsp3) is 1.00. The van der Waals surface area contributed by atoms with Crippen molar-refractivity contribution in [3.05, 3.63) is 0 Å². The summed E-state index contributed by atoms with van der Waals surface area (Å²) in [4.78, 5) is 2.65. The van der Waals surface area contributed by atoms with E-state index in [1.807, 2.05) is 0 Å². The van der Waals surface area contributed by atoms with Crippen LogP contribution in [-0.2, 0) is 0 Å². The number of nitrogens with one attached hydrogen (secondary N) is 1. The third kappa shape index (κ3) is 6.12. The summed E-state index contributed by atoms with van der Waals surface area (Å²) in [5.74, 6) is 2.67. The van der Waals surface area contributed by atoms with Crippen LogP contribution in [0.4, 0.5) is 0 Å². The summed E-state index contributed by atoms with van der Waals surface area (Å²) >= 11 is 2.11. The Morgan fingerprint density at radius 1 is 1.25 bits per heavy atom. The molecule has 1 saturated heterocycles. The molecule has 2 nitrogen and oxygen atoms in total. The number of nitrogens with zero attached hydrogens (tertiary/aromatic N) is 1. The fourth-order valence-electron chi connectivity index (χ4n) is 2.15. The van der Waals surface area contributed by atoms with Crippen LogP contribution in [0, 0.1) is 0 Å². The van der Waals surface area contributed by atoms with Crippen LogP contribution in [0.1, 0.15) is 39.5 Å². The monoisotopic (exact) mass is 244 g/mol. The first-order valence-electron chi connectivity index (χ1n) is 6.87. The average molecular weight is 244 g/mol. The Morgan fingerprint density at radius 3 is 2.94 bits per heavy atom. The van der Waals surface area contributed by atoms with Crippen molar-refractivity contribution in [2.24, 2.45) is 0 Å². The molecule has 0 aromatic rings. The van der Waals surface area contributed by atoms with Crippen molar-refractivity contribution < 1.29 is 0 Å². The summed E-state index contributed by atoms with van der Waals surface area (Å²) in [5, 5.41) is 3.59. The largest absolute Gasteiger partial charge is 0.315 e. The quantitative estimate of drug-likeness (QED) is 0.693. The maximum atomic E-state index is 3.59. The Morgan fingerprint density at radius 2 is 2.12 bits per heavy atom. The van der Waals surface area contributed by atoms with Crippen molar-refractivity contribution in [3.63, 3.8) is 0 Å². The molecular weight excluding hydrogens is 216 g/mol. The van der Waals surface area contributed by atoms with Gasteiger partial charge in [0.1, 0.15) is 0 Å². The van der Waals surface area contributed by atoms with Crippen LogP contribution in [0.5, 0.6) is 0 Å². The Kier molecular flexibility index (Phi) is 8.34. The minimum absolute atomic E-state index is 0.709. The van der Waals surface area contributed by atoms with Crippen LogP contribution in [0.15, 0.2) is 0 Å². The van der Waals surface area contributed by atoms with E-state index in [0.717, 1.165) is 6.54 Å². The Bertz CT molecular complexity index is 156. The van der Waals surface area contributed by atoms with Gasteiger partial charge in [0.2, 0.25) is 0 Å². The molecule has 0 aliphatic carbocycles. The predicted molar refractivity (Wildman–Crippen MR) is 75.4 cm³/mol. The molecule has 1 N–H and O–H groups in total. The fourth-order valence-corrected chi connectivity index (χ4v) is 3.05. The lowest BCUT2D eigenvalue weighted by molar-refractivity contribution is 0.220. The molecular formula is C13H28N2S. The van der Waals surface area contributed by atoms with Crippen molar-refractivity contribution in [1.82, 2.24) is 10.2 Å². The molecule has 1 rings (SSSR count). The van der Waals surface area contributed by atoms with Crippen LogP contribution in [-0.4, -0.2) is 48.6 Å². The van der Waals surface area contributed by atoms with E-state index in [0.29, 0.717) is 6.04 Å². The van der Waals surface area contributed by atoms with Crippen molar-refractivity contribution in [3.8, 4) is 0 Å². The second-order valence-electron chi connectivity index (χ2n) is 4.76. The normalized spacial score (nSPS) is 20.6. The average Bonchev–Trinajstić information content (AvgIpc) is 2.57. The van der Waals surface area contributed by atoms with Crippen LogP contribution in [0.2, 0.25) is 0 Å². The Hall–Kier alpha value is 0.270. The van der Waals surface area contributed by atoms with Crippen molar-refractivity contribution in [2.45, 2.75) is 45.6 Å². The zero-order valence-electron chi connectivity index (χ0n) is 11.0. The van der Waals surface area contributed by atoms with E-state index >= 15 is 0 Å². The minimum atomic E-state index is 0.709. The Balaban J connectivity index is 2.05. The molecule has 0 spiro atoms. The van der Waals surface area contributed by atoms with E-state index < -0.39 is 0 Å². The second-order valence-corrected chi connectivity index (χ2v) is 5.99. The number of hydrogen-bond donors (Lipinski definition) is 1. The van der Waals surface area contributed by atoms with Crippen LogP contribution >= 0.6 is 11.8 Å². The lowest BCUT2D eigenvalue weighted by Gasteiger charge is -2.27. The highest BCUT2D eigenvalue weighted by Gasteiger charge is 2.14. The van der Waals surface area contributed by atoms with Crippen LogP contribution in [0.25, 0.3) is 0 Å². The van der Waals surface area contributed by atoms with E-state index in [1.54, 1.807) is 0 Å². The molecule has 3 heteroatoms. The second kappa shape index (κ2) is 9.32. The van der Waals surface area contributed by atoms with E-state index in [4.69, 9.17) is 0 Å². The summed E-state index contributed by atoms with van der Waals surface area (Å²) in [6.07, 6.45) is 5.38. The minimum Gasteiger partial charge on any atom is -0.315 e. The summed E-state index contributed by atoms with van der Waals surface area (Å²) in [6.45, 7) is 9.56. The van der Waals surface area contributed by atoms with E-state index in [2.05, 4.69) is 35.8 Å². The molecule has 1 fully saturated rings. The van der Waals surface area contributed by atoms with Gasteiger partial charge in [-0.2, -0.15) is 11.8 Å². The van der Waals surface area contributed by atoms with Crippen LogP contribution < -0.4 is 5.32 Å². The zero-order valence-corrected chi connectivity index (χ0v) is 11.8. The summed E-state index contributed by atoms with van der Waals surface area (Å²) in [7, 11) is 0. The van der Waals surface area contributed by atoms with Gasteiger partial charge in [-0.1, -0.05) is 19.8 Å². The van der Waals surface area contributed by atoms with Gasteiger partial charge in [0.15, 0.2) is 0 Å². The van der Waals surface area contributed by atoms with E-state index in [9.17, 15) is 0 Å². The van der Waals surface area contributed by atoms with Gasteiger partial charge in [0.05, 0.1) is 0 Å². The van der Waals surface area contributed by atoms with Gasteiger partial charge in [-0.15, -0.1) is 0 Å². The molecule has 1 aliphatic rings. The number of hydrogen-bond acceptors (Lipinski definition) is 3. The van der Waals surface area contributed by atoms with Gasteiger partial charge in [-0.05, 0) is 38.6 Å². The lowest BCUT2D eigenvalue weighted by Crippen LogP contribution is -2.41. The first-order chi connectivity index (χ1) is 7.84. The van der Waals surface area contributed by atoms with Gasteiger partial charge in [0, 0.05) is 24.9 Å². The van der Waals surface area contributed by atoms with Gasteiger partial charge < -0.3 is 5.32 Å². The molecule has 96 valence electrons. The van der Waals surface area contributed by atoms with Gasteiger partial charge in [-0.3, -0.25) is 4.90 Å². The third-order valence-electron chi connectivity index (χ3n) is 3.28. The molecule has 0 amide bonds. The van der Waals surface area contributed by atoms with Gasteiger partial charge in [-0.25, -0.2) is 0 Å². The molecule has 16 heavy (non-hydrogen) atoms. The third-order valence-corrected chi connectivity index (χ3v) is 4.33. The first kappa shape index (κ1) is 14.3. The molecule has 0 aromatic heterocycles. The van der Waals surface area contributed by atoms with Crippen LogP contribution in [0.3, 0.4) is 0 Å². The lowest BCUT2D eigenvalue weighted by atomic mass is 10.2. The number of rotatable bonds is 7. The topological polar surface area (TPSA) is 15.3 Å². The SMILES string of the molecule is CCCCCNCC(C)N1CCCSCC1. The Labute approximate surface area is 106 Å². The molecule has 0 radical (unpaired) electrons. The highest BCUT2D eigenvalue weighted by Crippen LogP contribution is 2.12. The zero-order chi connectivity index (χ0) is 11.6. The van der Waals surface area contributed by atoms with E-state index in [1.165, 1.54) is 56.8 Å². The maximum Gasteiger partial charge on any atom is 0.0192 e. The molecule has 0 saturated carbocycles. The first-order valence-corrected chi connectivity index (χ1v) is 8.02. The standard InChI is InChI=1S/C13H28N2S/c1-3-4-5-7-14-12-13(2)15-8-6-10-16-11-9-15/h13-14H,3-12H2,1-2H3. The van der Waals surface area contributed by atoms with E-state index in [-0.39, 0.29) is 0 Å². The van der Waals surface area contributed by atoms with Crippen molar-refractivity contribution in [1.29, 1.82) is 0 Å². The van der Waals surface area contributed by atoms with Gasteiger partial charge in [0.25, 0.3) is 0 Å². The molecule has 1 unspecified atom stereocenters. The highest BCUT2D eigenvalue weighted by atomic mass is 32.2. The summed E-state index contributed by atoms with van der Waals surface area (Å²) in [6, 6.07) is 0.709. The number of thioether (sulfide) groups is 1. The maximum absolute atomic E-state index is 3.59. The summed E-state index contributed by atoms with van der Waals surface area (Å²) in [5.41, 5.74) is 0. The van der Waals surface area contributed by atoms with Crippen molar-refractivity contribution >= 4 is 11.8 Å². The van der Waals surface area contributed by atoms with Crippen molar-refractivity contribution in [2.75, 3.05) is 37.7 Å². The molecule has 1 heterocycles. The molecule has 0 aromatic carbocycles. The molecule has 1 aliphatic heterocycles. The highest BCUT2D eigenvalue weighted by molar-refractivity contribution is 7.99.